The summed E-state index contributed by atoms with van der Waals surface area (Å²) in [6.07, 6.45) is 4.14. The Morgan fingerprint density at radius 3 is 2.93 bits per heavy atom. The number of carbonyl (C=O) groups is 2. The molecule has 0 spiro atoms. The van der Waals surface area contributed by atoms with Crippen molar-refractivity contribution in [2.24, 2.45) is 0 Å². The molecule has 2 amide bonds. The van der Waals surface area contributed by atoms with E-state index >= 15 is 0 Å². The number of hydrogen-bond acceptors (Lipinski definition) is 5. The second-order valence-corrected chi connectivity index (χ2v) is 7.96. The van der Waals surface area contributed by atoms with Crippen molar-refractivity contribution in [1.29, 1.82) is 0 Å². The normalized spacial score (nSPS) is 16.1. The molecule has 1 fully saturated rings. The van der Waals surface area contributed by atoms with Crippen LogP contribution in [0.5, 0.6) is 0 Å². The van der Waals surface area contributed by atoms with Crippen molar-refractivity contribution >= 4 is 34.0 Å². The number of carbonyl (C=O) groups excluding carboxylic acids is 2. The van der Waals surface area contributed by atoms with Gasteiger partial charge in [-0.1, -0.05) is 18.2 Å². The van der Waals surface area contributed by atoms with Crippen LogP contribution >= 0.6 is 11.3 Å². The molecule has 6 nitrogen and oxygen atoms in total. The molecule has 1 aliphatic carbocycles. The molecular weight excluding hydrogens is 360 g/mol. The Labute approximate surface area is 163 Å². The molecule has 0 bridgehead atoms. The minimum Gasteiger partial charge on any atom is -0.311 e. The van der Waals surface area contributed by atoms with Gasteiger partial charge in [-0.3, -0.25) is 14.5 Å². The highest BCUT2D eigenvalue weighted by Gasteiger charge is 2.33. The third kappa shape index (κ3) is 4.04. The van der Waals surface area contributed by atoms with Crippen LogP contribution in [0.2, 0.25) is 0 Å². The molecule has 1 aromatic carbocycles. The summed E-state index contributed by atoms with van der Waals surface area (Å²) in [5, 5.41) is 5.93. The lowest BCUT2D eigenvalue weighted by atomic mass is 10.0. The number of thiazole rings is 1. The molecule has 1 saturated carbocycles. The monoisotopic (exact) mass is 384 g/mol. The summed E-state index contributed by atoms with van der Waals surface area (Å²) in [5.74, 6) is 0.131. The molecule has 142 valence electrons. The average Bonchev–Trinajstić information content (AvgIpc) is 3.39. The first-order valence-corrected chi connectivity index (χ1v) is 10.3. The zero-order valence-corrected chi connectivity index (χ0v) is 16.3. The molecule has 2 heterocycles. The lowest BCUT2D eigenvalue weighted by Gasteiger charge is -2.29. The van der Waals surface area contributed by atoms with Crippen molar-refractivity contribution in [1.82, 2.24) is 10.3 Å². The molecule has 1 aliphatic heterocycles. The van der Waals surface area contributed by atoms with E-state index in [0.29, 0.717) is 12.6 Å². The van der Waals surface area contributed by atoms with Crippen LogP contribution in [0.4, 0.5) is 10.8 Å². The molecule has 1 N–H and O–H groups in total. The standard InChI is InChI=1S/C20H24N4O2S/c1-14(25)24(17-8-9-17)20-22-16(13-27-20)11-21-12-19(26)23-10-4-6-15-5-2-3-7-18(15)23/h2-3,5,7,13,17,21H,4,6,8-12H2,1H3. The first-order chi connectivity index (χ1) is 13.1. The number of aromatic nitrogens is 1. The zero-order valence-electron chi connectivity index (χ0n) is 15.5. The highest BCUT2D eigenvalue weighted by Crippen LogP contribution is 2.33. The topological polar surface area (TPSA) is 65.5 Å². The summed E-state index contributed by atoms with van der Waals surface area (Å²) in [6.45, 7) is 3.16. The van der Waals surface area contributed by atoms with Crippen molar-refractivity contribution in [3.05, 3.63) is 40.9 Å². The summed E-state index contributed by atoms with van der Waals surface area (Å²) < 4.78 is 0. The van der Waals surface area contributed by atoms with Crippen molar-refractivity contribution in [3.63, 3.8) is 0 Å². The zero-order chi connectivity index (χ0) is 18.8. The van der Waals surface area contributed by atoms with Crippen LogP contribution in [0.1, 0.15) is 37.4 Å². The molecule has 0 atom stereocenters. The molecule has 7 heteroatoms. The maximum atomic E-state index is 12.6. The van der Waals surface area contributed by atoms with Gasteiger partial charge in [0.1, 0.15) is 0 Å². The predicted octanol–water partition coefficient (Wildman–Crippen LogP) is 2.73. The van der Waals surface area contributed by atoms with Gasteiger partial charge in [0.15, 0.2) is 5.13 Å². The fourth-order valence-electron chi connectivity index (χ4n) is 3.55. The van der Waals surface area contributed by atoms with Gasteiger partial charge in [0, 0.05) is 37.1 Å². The van der Waals surface area contributed by atoms with E-state index in [1.807, 2.05) is 28.5 Å². The highest BCUT2D eigenvalue weighted by molar-refractivity contribution is 7.14. The summed E-state index contributed by atoms with van der Waals surface area (Å²) in [7, 11) is 0. The van der Waals surface area contributed by atoms with Crippen LogP contribution in [0, 0.1) is 0 Å². The number of anilines is 2. The molecular formula is C20H24N4O2S. The Hall–Kier alpha value is -2.25. The summed E-state index contributed by atoms with van der Waals surface area (Å²) in [5.41, 5.74) is 3.15. The second kappa shape index (κ2) is 7.78. The van der Waals surface area contributed by atoms with Gasteiger partial charge in [-0.15, -0.1) is 11.3 Å². The summed E-state index contributed by atoms with van der Waals surface area (Å²) >= 11 is 1.49. The molecule has 0 unspecified atom stereocenters. The maximum Gasteiger partial charge on any atom is 0.240 e. The van der Waals surface area contributed by atoms with Gasteiger partial charge in [-0.05, 0) is 37.3 Å². The number of nitrogens with one attached hydrogen (secondary N) is 1. The third-order valence-corrected chi connectivity index (χ3v) is 5.88. The number of fused-ring (bicyclic) bond motifs is 1. The Kier molecular flexibility index (Phi) is 5.22. The first-order valence-electron chi connectivity index (χ1n) is 9.46. The fourth-order valence-corrected chi connectivity index (χ4v) is 4.49. The van der Waals surface area contributed by atoms with Crippen molar-refractivity contribution < 1.29 is 9.59 Å². The van der Waals surface area contributed by atoms with Crippen LogP contribution in [-0.4, -0.2) is 35.9 Å². The average molecular weight is 385 g/mol. The molecule has 1 aromatic heterocycles. The number of rotatable bonds is 6. The van der Waals surface area contributed by atoms with E-state index in [9.17, 15) is 9.59 Å². The molecule has 0 radical (unpaired) electrons. The third-order valence-electron chi connectivity index (χ3n) is 4.99. The van der Waals surface area contributed by atoms with Gasteiger partial charge in [-0.25, -0.2) is 4.98 Å². The van der Waals surface area contributed by atoms with Gasteiger partial charge in [0.2, 0.25) is 11.8 Å². The van der Waals surface area contributed by atoms with E-state index in [-0.39, 0.29) is 18.4 Å². The highest BCUT2D eigenvalue weighted by atomic mass is 32.1. The molecule has 2 aliphatic rings. The lowest BCUT2D eigenvalue weighted by molar-refractivity contribution is -0.118. The predicted molar refractivity (Wildman–Crippen MR) is 107 cm³/mol. The minimum atomic E-state index is 0.0466. The van der Waals surface area contributed by atoms with E-state index in [4.69, 9.17) is 0 Å². The van der Waals surface area contributed by atoms with Gasteiger partial charge in [0.25, 0.3) is 0 Å². The van der Waals surface area contributed by atoms with Gasteiger partial charge in [-0.2, -0.15) is 0 Å². The first kappa shape index (κ1) is 18.1. The van der Waals surface area contributed by atoms with Crippen LogP contribution in [0.25, 0.3) is 0 Å². The number of para-hydroxylation sites is 1. The Morgan fingerprint density at radius 2 is 2.15 bits per heavy atom. The smallest absolute Gasteiger partial charge is 0.240 e. The van der Waals surface area contributed by atoms with E-state index in [1.165, 1.54) is 16.9 Å². The Balaban J connectivity index is 1.33. The molecule has 2 aromatic rings. The number of benzene rings is 1. The molecule has 27 heavy (non-hydrogen) atoms. The van der Waals surface area contributed by atoms with E-state index in [2.05, 4.69) is 16.4 Å². The van der Waals surface area contributed by atoms with Crippen molar-refractivity contribution in [3.8, 4) is 0 Å². The van der Waals surface area contributed by atoms with Crippen LogP contribution in [0.3, 0.4) is 0 Å². The van der Waals surface area contributed by atoms with Gasteiger partial charge < -0.3 is 10.2 Å². The largest absolute Gasteiger partial charge is 0.311 e. The maximum absolute atomic E-state index is 12.6. The van der Waals surface area contributed by atoms with Crippen molar-refractivity contribution in [2.75, 3.05) is 22.9 Å². The van der Waals surface area contributed by atoms with Gasteiger partial charge in [0.05, 0.1) is 12.2 Å². The number of aryl methyl sites for hydroxylation is 1. The lowest BCUT2D eigenvalue weighted by Crippen LogP contribution is -2.41. The summed E-state index contributed by atoms with van der Waals surface area (Å²) in [4.78, 5) is 32.7. The number of nitrogens with zero attached hydrogens (tertiary/aromatic N) is 3. The Morgan fingerprint density at radius 1 is 1.33 bits per heavy atom. The number of hydrogen-bond donors (Lipinski definition) is 1. The quantitative estimate of drug-likeness (QED) is 0.832. The summed E-state index contributed by atoms with van der Waals surface area (Å²) in [6, 6.07) is 8.44. The van der Waals surface area contributed by atoms with Crippen LogP contribution < -0.4 is 15.1 Å². The Bertz CT molecular complexity index is 846. The SMILES string of the molecule is CC(=O)N(c1nc(CNCC(=O)N2CCCc3ccccc32)cs1)C1CC1. The van der Waals surface area contributed by atoms with E-state index < -0.39 is 0 Å². The van der Waals surface area contributed by atoms with Gasteiger partial charge >= 0.3 is 0 Å². The van der Waals surface area contributed by atoms with Crippen LogP contribution in [0.15, 0.2) is 29.6 Å². The van der Waals surface area contributed by atoms with E-state index in [1.54, 1.807) is 11.8 Å². The fraction of sp³-hybridized carbons (Fsp3) is 0.450. The second-order valence-electron chi connectivity index (χ2n) is 7.12. The number of amides is 2. The molecule has 4 rings (SSSR count). The van der Waals surface area contributed by atoms with Crippen molar-refractivity contribution in [2.45, 2.75) is 45.2 Å². The minimum absolute atomic E-state index is 0.0466. The van der Waals surface area contributed by atoms with Crippen LogP contribution in [-0.2, 0) is 22.6 Å². The van der Waals surface area contributed by atoms with E-state index in [0.717, 1.165) is 48.7 Å². The molecule has 0 saturated heterocycles.